The Morgan fingerprint density at radius 2 is 1.77 bits per heavy atom. The summed E-state index contributed by atoms with van der Waals surface area (Å²) in [4.78, 5) is 0. The van der Waals surface area contributed by atoms with E-state index in [2.05, 4.69) is 32.9 Å². The fourth-order valence-electron chi connectivity index (χ4n) is 2.28. The first-order chi connectivity index (χ1) is 10.3. The Morgan fingerprint density at radius 3 is 2.36 bits per heavy atom. The summed E-state index contributed by atoms with van der Waals surface area (Å²) in [6.45, 7) is 9.00. The van der Waals surface area contributed by atoms with Crippen molar-refractivity contribution in [1.29, 1.82) is 0 Å². The molecule has 116 valence electrons. The Labute approximate surface area is 132 Å². The molecule has 0 heterocycles. The molecule has 0 saturated heterocycles. The summed E-state index contributed by atoms with van der Waals surface area (Å²) in [5.41, 5.74) is 3.88. The molecular formula is C18H23BO3. The van der Waals surface area contributed by atoms with E-state index in [1.165, 1.54) is 5.56 Å². The van der Waals surface area contributed by atoms with Crippen molar-refractivity contribution in [3.8, 4) is 5.75 Å². The fourth-order valence-corrected chi connectivity index (χ4v) is 2.28. The summed E-state index contributed by atoms with van der Waals surface area (Å²) < 4.78 is 5.86. The number of rotatable bonds is 4. The quantitative estimate of drug-likeness (QED) is 0.853. The van der Waals surface area contributed by atoms with Crippen LogP contribution in [0.25, 0.3) is 0 Å². The zero-order chi connectivity index (χ0) is 16.3. The van der Waals surface area contributed by atoms with Crippen LogP contribution >= 0.6 is 0 Å². The normalized spacial score (nSPS) is 11.4. The molecule has 0 fully saturated rings. The van der Waals surface area contributed by atoms with Gasteiger partial charge in [0.05, 0.1) is 0 Å². The van der Waals surface area contributed by atoms with Crippen molar-refractivity contribution in [1.82, 2.24) is 0 Å². The van der Waals surface area contributed by atoms with Crippen molar-refractivity contribution < 1.29 is 14.8 Å². The molecule has 3 nitrogen and oxygen atoms in total. The van der Waals surface area contributed by atoms with E-state index >= 15 is 0 Å². The molecule has 0 atom stereocenters. The third-order valence-electron chi connectivity index (χ3n) is 3.68. The van der Waals surface area contributed by atoms with Crippen molar-refractivity contribution in [2.24, 2.45) is 0 Å². The van der Waals surface area contributed by atoms with Crippen LogP contribution in [0, 0.1) is 6.92 Å². The van der Waals surface area contributed by atoms with Gasteiger partial charge in [0.25, 0.3) is 0 Å². The summed E-state index contributed by atoms with van der Waals surface area (Å²) in [6, 6.07) is 13.4. The molecule has 0 spiro atoms. The Kier molecular flexibility index (Phi) is 4.94. The number of aryl methyl sites for hydroxylation is 1. The molecule has 0 saturated carbocycles. The molecule has 0 aliphatic heterocycles. The van der Waals surface area contributed by atoms with E-state index in [1.54, 1.807) is 18.2 Å². The molecule has 2 aromatic rings. The van der Waals surface area contributed by atoms with Crippen molar-refractivity contribution in [2.45, 2.75) is 39.7 Å². The minimum Gasteiger partial charge on any atom is -0.489 e. The Hall–Kier alpha value is -1.78. The van der Waals surface area contributed by atoms with Crippen LogP contribution in [0.15, 0.2) is 42.5 Å². The van der Waals surface area contributed by atoms with Gasteiger partial charge in [-0.3, -0.25) is 0 Å². The van der Waals surface area contributed by atoms with Crippen LogP contribution in [0.5, 0.6) is 5.75 Å². The highest BCUT2D eigenvalue weighted by atomic mass is 16.5. The minimum absolute atomic E-state index is 0.120. The first kappa shape index (κ1) is 16.6. The zero-order valence-corrected chi connectivity index (χ0v) is 13.6. The number of benzene rings is 2. The lowest BCUT2D eigenvalue weighted by molar-refractivity contribution is 0.304. The molecule has 2 N–H and O–H groups in total. The van der Waals surface area contributed by atoms with Gasteiger partial charge < -0.3 is 14.8 Å². The van der Waals surface area contributed by atoms with Gasteiger partial charge >= 0.3 is 7.12 Å². The van der Waals surface area contributed by atoms with Crippen LogP contribution in [0.3, 0.4) is 0 Å². The molecule has 0 amide bonds. The van der Waals surface area contributed by atoms with Gasteiger partial charge in [-0.2, -0.15) is 0 Å². The van der Waals surface area contributed by atoms with Gasteiger partial charge in [0.1, 0.15) is 12.4 Å². The van der Waals surface area contributed by atoms with E-state index in [9.17, 15) is 10.0 Å². The van der Waals surface area contributed by atoms with Crippen LogP contribution in [0.2, 0.25) is 0 Å². The maximum atomic E-state index is 9.20. The Balaban J connectivity index is 2.10. The zero-order valence-electron chi connectivity index (χ0n) is 13.6. The summed E-state index contributed by atoms with van der Waals surface area (Å²) >= 11 is 0. The van der Waals surface area contributed by atoms with Gasteiger partial charge in [0, 0.05) is 0 Å². The smallest absolute Gasteiger partial charge is 0.488 e. The molecule has 22 heavy (non-hydrogen) atoms. The third-order valence-corrected chi connectivity index (χ3v) is 3.68. The Morgan fingerprint density at radius 1 is 1.05 bits per heavy atom. The second-order valence-corrected chi connectivity index (χ2v) is 6.64. The van der Waals surface area contributed by atoms with Crippen LogP contribution < -0.4 is 10.2 Å². The van der Waals surface area contributed by atoms with Gasteiger partial charge in [-0.1, -0.05) is 57.2 Å². The summed E-state index contributed by atoms with van der Waals surface area (Å²) in [7, 11) is -1.45. The third kappa shape index (κ3) is 4.12. The van der Waals surface area contributed by atoms with Gasteiger partial charge in [-0.05, 0) is 40.6 Å². The Bertz CT molecular complexity index is 645. The van der Waals surface area contributed by atoms with E-state index in [1.807, 2.05) is 19.1 Å². The fraction of sp³-hybridized carbons (Fsp3) is 0.333. The van der Waals surface area contributed by atoms with Gasteiger partial charge in [-0.15, -0.1) is 0 Å². The standard InChI is InChI=1S/C18H23BO3/c1-13-10-15(18(2,3)4)8-9-17(13)22-12-14-6-5-7-16(11-14)19(20)21/h5-11,20-21H,12H2,1-4H3. The van der Waals surface area contributed by atoms with Crippen molar-refractivity contribution >= 4 is 12.6 Å². The topological polar surface area (TPSA) is 49.7 Å². The number of hydrogen-bond donors (Lipinski definition) is 2. The van der Waals surface area contributed by atoms with Gasteiger partial charge in [0.2, 0.25) is 0 Å². The van der Waals surface area contributed by atoms with Gasteiger partial charge in [-0.25, -0.2) is 0 Å². The van der Waals surface area contributed by atoms with Gasteiger partial charge in [0.15, 0.2) is 0 Å². The minimum atomic E-state index is -1.45. The molecule has 0 radical (unpaired) electrons. The molecule has 0 unspecified atom stereocenters. The summed E-state index contributed by atoms with van der Waals surface area (Å²) in [5, 5.41) is 18.4. The predicted octanol–water partition coefficient (Wildman–Crippen LogP) is 2.55. The summed E-state index contributed by atoms with van der Waals surface area (Å²) in [5.74, 6) is 0.850. The highest BCUT2D eigenvalue weighted by Crippen LogP contribution is 2.27. The average Bonchev–Trinajstić information content (AvgIpc) is 2.45. The first-order valence-electron chi connectivity index (χ1n) is 7.46. The molecule has 0 aromatic heterocycles. The monoisotopic (exact) mass is 298 g/mol. The molecule has 0 aliphatic rings. The highest BCUT2D eigenvalue weighted by Gasteiger charge is 2.15. The molecule has 4 heteroatoms. The SMILES string of the molecule is Cc1cc(C(C)(C)C)ccc1OCc1cccc(B(O)O)c1. The molecule has 2 rings (SSSR count). The van der Waals surface area contributed by atoms with Crippen LogP contribution in [-0.4, -0.2) is 17.2 Å². The summed E-state index contributed by atoms with van der Waals surface area (Å²) in [6.07, 6.45) is 0. The predicted molar refractivity (Wildman–Crippen MR) is 90.5 cm³/mol. The van der Waals surface area contributed by atoms with Crippen molar-refractivity contribution in [2.75, 3.05) is 0 Å². The molecular weight excluding hydrogens is 275 g/mol. The highest BCUT2D eigenvalue weighted by molar-refractivity contribution is 6.58. The largest absolute Gasteiger partial charge is 0.489 e. The second kappa shape index (κ2) is 6.55. The van der Waals surface area contributed by atoms with E-state index in [0.717, 1.165) is 16.9 Å². The van der Waals surface area contributed by atoms with E-state index < -0.39 is 7.12 Å². The molecule has 0 bridgehead atoms. The van der Waals surface area contributed by atoms with Crippen LogP contribution in [0.4, 0.5) is 0 Å². The van der Waals surface area contributed by atoms with Crippen LogP contribution in [0.1, 0.15) is 37.5 Å². The lowest BCUT2D eigenvalue weighted by Gasteiger charge is -2.20. The van der Waals surface area contributed by atoms with Crippen molar-refractivity contribution in [3.63, 3.8) is 0 Å². The molecule has 2 aromatic carbocycles. The second-order valence-electron chi connectivity index (χ2n) is 6.64. The number of hydrogen-bond acceptors (Lipinski definition) is 3. The van der Waals surface area contributed by atoms with E-state index in [0.29, 0.717) is 12.1 Å². The maximum absolute atomic E-state index is 9.20. The lowest BCUT2D eigenvalue weighted by atomic mass is 9.80. The average molecular weight is 298 g/mol. The van der Waals surface area contributed by atoms with Crippen LogP contribution in [-0.2, 0) is 12.0 Å². The number of ether oxygens (including phenoxy) is 1. The lowest BCUT2D eigenvalue weighted by Crippen LogP contribution is -2.29. The molecule has 0 aliphatic carbocycles. The van der Waals surface area contributed by atoms with E-state index in [4.69, 9.17) is 4.74 Å². The van der Waals surface area contributed by atoms with Crippen molar-refractivity contribution in [3.05, 3.63) is 59.2 Å². The van der Waals surface area contributed by atoms with E-state index in [-0.39, 0.29) is 5.41 Å². The maximum Gasteiger partial charge on any atom is 0.488 e. The first-order valence-corrected chi connectivity index (χ1v) is 7.46.